The first-order valence-electron chi connectivity index (χ1n) is 18.4. The van der Waals surface area contributed by atoms with Gasteiger partial charge in [-0.25, -0.2) is 0 Å². The second-order valence-electron chi connectivity index (χ2n) is 15.0. The molecule has 4 aliphatic heterocycles. The number of ether oxygens (including phenoxy) is 7. The van der Waals surface area contributed by atoms with Crippen LogP contribution in [-0.2, 0) is 33.2 Å². The van der Waals surface area contributed by atoms with Gasteiger partial charge in [0.05, 0.1) is 62.9 Å². The molecule has 4 saturated heterocycles. The van der Waals surface area contributed by atoms with Gasteiger partial charge < -0.3 is 120 Å². The van der Waals surface area contributed by atoms with E-state index in [1.807, 2.05) is 0 Å². The fourth-order valence-corrected chi connectivity index (χ4v) is 7.93. The quantitative estimate of drug-likeness (QED) is 0.0869. The van der Waals surface area contributed by atoms with E-state index in [9.17, 15) is 81.7 Å². The lowest BCUT2D eigenvalue weighted by Crippen LogP contribution is -2.73. The molecule has 4 heterocycles. The molecule has 328 valence electrons. The third-order valence-electron chi connectivity index (χ3n) is 11.4. The summed E-state index contributed by atoms with van der Waals surface area (Å²) in [5.74, 6) is -1.42. The fraction of sp³-hybridized carbons (Fsp3) is 1.00. The van der Waals surface area contributed by atoms with Crippen LogP contribution in [0.4, 0.5) is 0 Å². The van der Waals surface area contributed by atoms with Crippen molar-refractivity contribution in [3.8, 4) is 0 Å². The maximum atomic E-state index is 11.3. The van der Waals surface area contributed by atoms with E-state index in [0.29, 0.717) is 0 Å². The molecule has 0 bridgehead atoms. The first-order chi connectivity index (χ1) is 26.4. The van der Waals surface area contributed by atoms with Crippen molar-refractivity contribution in [1.29, 1.82) is 0 Å². The molecule has 5 fully saturated rings. The molecule has 0 spiro atoms. The molecule has 0 aromatic carbocycles. The predicted molar refractivity (Wildman–Crippen MR) is 175 cm³/mol. The van der Waals surface area contributed by atoms with Gasteiger partial charge >= 0.3 is 0 Å². The van der Waals surface area contributed by atoms with Crippen molar-refractivity contribution in [3.05, 3.63) is 0 Å². The standard InChI is InChI=1S/C32H57NO23/c1-7-13(33-14-16(39)9(3-34)27(22(45)19(14)42)54-31-25(48)20(43)17(40)10(4-35)52-31)18(41)24(47)30(51-7)55-29-12(6-37)53-32(26(49)23(29)46)56-28-11(5-36)50-8(2)15(38)21(28)44/h7-49H,3-6H2,1-2H3/t7-,8?,9+,10?,11-,12?,13?,14+,15+,16-,17-,18+,19?,20?,21-,22-,23?,24-,25-,26-,27?,28-,29?,30?,31?,32-/m1/s1. The Bertz CT molecular complexity index is 1220. The summed E-state index contributed by atoms with van der Waals surface area (Å²) in [7, 11) is 0. The van der Waals surface area contributed by atoms with Crippen LogP contribution in [0.1, 0.15) is 13.8 Å². The highest BCUT2D eigenvalue weighted by Crippen LogP contribution is 2.35. The molecule has 0 aromatic rings. The Kier molecular flexibility index (Phi) is 15.8. The van der Waals surface area contributed by atoms with E-state index in [2.05, 4.69) is 5.32 Å². The van der Waals surface area contributed by atoms with Crippen LogP contribution in [0.5, 0.6) is 0 Å². The van der Waals surface area contributed by atoms with E-state index in [1.165, 1.54) is 13.8 Å². The van der Waals surface area contributed by atoms with Gasteiger partial charge in [-0.05, 0) is 13.8 Å². The van der Waals surface area contributed by atoms with Gasteiger partial charge in [0.15, 0.2) is 18.9 Å². The van der Waals surface area contributed by atoms with Crippen LogP contribution in [0.25, 0.3) is 0 Å². The summed E-state index contributed by atoms with van der Waals surface area (Å²) in [4.78, 5) is 0. The third-order valence-corrected chi connectivity index (χ3v) is 11.4. The molecule has 0 amide bonds. The Labute approximate surface area is 319 Å². The van der Waals surface area contributed by atoms with Crippen LogP contribution in [-0.4, -0.2) is 261 Å². The number of aliphatic hydroxyl groups is 16. The van der Waals surface area contributed by atoms with Crippen LogP contribution in [0, 0.1) is 5.92 Å². The molecular weight excluding hydrogens is 766 g/mol. The predicted octanol–water partition coefficient (Wildman–Crippen LogP) is -10.6. The lowest BCUT2D eigenvalue weighted by Gasteiger charge is -2.51. The first-order valence-corrected chi connectivity index (χ1v) is 18.4. The van der Waals surface area contributed by atoms with Gasteiger partial charge in [0.2, 0.25) is 0 Å². The molecule has 1 aliphatic carbocycles. The molecule has 0 aromatic heterocycles. The van der Waals surface area contributed by atoms with E-state index in [1.54, 1.807) is 0 Å². The lowest BCUT2D eigenvalue weighted by atomic mass is 9.76. The normalized spacial score (nSPS) is 54.5. The Morgan fingerprint density at radius 1 is 0.375 bits per heavy atom. The van der Waals surface area contributed by atoms with E-state index in [-0.39, 0.29) is 0 Å². The largest absolute Gasteiger partial charge is 0.396 e. The van der Waals surface area contributed by atoms with E-state index < -0.39 is 185 Å². The van der Waals surface area contributed by atoms with Crippen molar-refractivity contribution in [2.45, 2.75) is 167 Å². The summed E-state index contributed by atoms with van der Waals surface area (Å²) in [6, 6.07) is -2.88. The highest BCUT2D eigenvalue weighted by Gasteiger charge is 2.56. The summed E-state index contributed by atoms with van der Waals surface area (Å²) in [5.41, 5.74) is 0. The highest BCUT2D eigenvalue weighted by molar-refractivity contribution is 5.06. The number of nitrogens with one attached hydrogen (secondary N) is 1. The zero-order valence-electron chi connectivity index (χ0n) is 30.4. The number of rotatable bonds is 12. The van der Waals surface area contributed by atoms with Crippen LogP contribution in [0.3, 0.4) is 0 Å². The topological polar surface area (TPSA) is 400 Å². The van der Waals surface area contributed by atoms with Crippen molar-refractivity contribution in [2.24, 2.45) is 5.92 Å². The van der Waals surface area contributed by atoms with Crippen molar-refractivity contribution in [3.63, 3.8) is 0 Å². The van der Waals surface area contributed by atoms with Gasteiger partial charge in [0, 0.05) is 5.92 Å². The molecular formula is C32H57NO23. The van der Waals surface area contributed by atoms with Crippen molar-refractivity contribution in [2.75, 3.05) is 26.4 Å². The van der Waals surface area contributed by atoms with Crippen LogP contribution >= 0.6 is 0 Å². The van der Waals surface area contributed by atoms with Gasteiger partial charge in [-0.3, -0.25) is 0 Å². The Morgan fingerprint density at radius 3 is 1.36 bits per heavy atom. The Hall–Kier alpha value is -0.960. The fourth-order valence-electron chi connectivity index (χ4n) is 7.93. The van der Waals surface area contributed by atoms with E-state index in [4.69, 9.17) is 33.2 Å². The minimum Gasteiger partial charge on any atom is -0.396 e. The maximum Gasteiger partial charge on any atom is 0.187 e. The minimum absolute atomic E-state index is 0.658. The Morgan fingerprint density at radius 2 is 0.804 bits per heavy atom. The maximum absolute atomic E-state index is 11.3. The smallest absolute Gasteiger partial charge is 0.187 e. The van der Waals surface area contributed by atoms with Crippen LogP contribution < -0.4 is 5.32 Å². The van der Waals surface area contributed by atoms with Crippen LogP contribution in [0.15, 0.2) is 0 Å². The zero-order valence-corrected chi connectivity index (χ0v) is 30.4. The van der Waals surface area contributed by atoms with Gasteiger partial charge in [-0.1, -0.05) is 0 Å². The first kappa shape index (κ1) is 46.1. The SMILES string of the molecule is CC1O[C@H](CO)[C@@H](O[C@H]2OC(CO)C(OC3O[C@H](C)C(N[C@@H]4C(O)[C@@H](O)C(OC5OC(CO)[C@@H](O)C(O)[C@H]5O)[C@@H](CO)[C@H]4O)[C@H](O)[C@H]3O)C(O)[C@H]2O)[C@H](O)[C@H]1O. The number of aliphatic hydroxyl groups excluding tert-OH is 16. The lowest BCUT2D eigenvalue weighted by molar-refractivity contribution is -0.367. The zero-order chi connectivity index (χ0) is 41.5. The summed E-state index contributed by atoms with van der Waals surface area (Å²) < 4.78 is 39.1. The highest BCUT2D eigenvalue weighted by atomic mass is 16.7. The van der Waals surface area contributed by atoms with Gasteiger partial charge in [0.25, 0.3) is 0 Å². The van der Waals surface area contributed by atoms with E-state index in [0.717, 1.165) is 0 Å². The van der Waals surface area contributed by atoms with Crippen molar-refractivity contribution in [1.82, 2.24) is 5.32 Å². The molecule has 0 radical (unpaired) electrons. The monoisotopic (exact) mass is 823 g/mol. The molecule has 5 rings (SSSR count). The molecule has 5 aliphatic rings. The van der Waals surface area contributed by atoms with Crippen LogP contribution in [0.2, 0.25) is 0 Å². The number of hydrogen-bond acceptors (Lipinski definition) is 24. The van der Waals surface area contributed by atoms with Crippen molar-refractivity contribution >= 4 is 0 Å². The summed E-state index contributed by atoms with van der Waals surface area (Å²) in [6.45, 7) is -0.358. The molecule has 56 heavy (non-hydrogen) atoms. The molecule has 17 N–H and O–H groups in total. The van der Waals surface area contributed by atoms with Gasteiger partial charge in [0.1, 0.15) is 97.7 Å². The molecule has 26 atom stereocenters. The van der Waals surface area contributed by atoms with E-state index >= 15 is 0 Å². The Balaban J connectivity index is 1.22. The average molecular weight is 824 g/mol. The average Bonchev–Trinajstić information content (AvgIpc) is 3.18. The molecule has 24 heteroatoms. The molecule has 24 nitrogen and oxygen atoms in total. The second kappa shape index (κ2) is 19.2. The number of hydrogen-bond donors (Lipinski definition) is 17. The molecule has 1 saturated carbocycles. The third kappa shape index (κ3) is 8.90. The van der Waals surface area contributed by atoms with Gasteiger partial charge in [-0.2, -0.15) is 0 Å². The minimum atomic E-state index is -1.96. The summed E-state index contributed by atoms with van der Waals surface area (Å²) >= 11 is 0. The second-order valence-corrected chi connectivity index (χ2v) is 15.0. The molecule has 11 unspecified atom stereocenters. The van der Waals surface area contributed by atoms with Crippen molar-refractivity contribution < 1.29 is 115 Å². The van der Waals surface area contributed by atoms with Gasteiger partial charge in [-0.15, -0.1) is 0 Å². The summed E-state index contributed by atoms with van der Waals surface area (Å²) in [5, 5.41) is 171. The summed E-state index contributed by atoms with van der Waals surface area (Å²) in [6.07, 6.45) is -38.0.